The number of rotatable bonds is 8. The molecule has 7 fully saturated rings. The summed E-state index contributed by atoms with van der Waals surface area (Å²) in [4.78, 5) is 25.7. The highest BCUT2D eigenvalue weighted by Crippen LogP contribution is 2.70. The Bertz CT molecular complexity index is 1600. The molecule has 8 aliphatic rings. The molecule has 0 aromatic rings. The van der Waals surface area contributed by atoms with E-state index in [1.165, 1.54) is 6.92 Å². The number of ether oxygens (including phenoxy) is 6. The van der Waals surface area contributed by atoms with Crippen LogP contribution >= 0.6 is 0 Å². The minimum absolute atomic E-state index is 0.0137. The van der Waals surface area contributed by atoms with Gasteiger partial charge in [-0.3, -0.25) is 4.79 Å². The van der Waals surface area contributed by atoms with Crippen molar-refractivity contribution in [1.29, 1.82) is 0 Å². The van der Waals surface area contributed by atoms with Crippen LogP contribution in [0, 0.1) is 45.8 Å². The maximum absolute atomic E-state index is 12.9. The summed E-state index contributed by atoms with van der Waals surface area (Å²) in [6.07, 6.45) is -7.95. The van der Waals surface area contributed by atoms with E-state index in [1.54, 1.807) is 6.92 Å². The molecule has 0 aromatic carbocycles. The molecule has 3 saturated heterocycles. The first kappa shape index (κ1) is 42.9. The molecule has 8 rings (SSSR count). The van der Waals surface area contributed by atoms with Gasteiger partial charge in [0.25, 0.3) is 0 Å². The Morgan fingerprint density at radius 3 is 2.10 bits per heavy atom. The predicted octanol–water partition coefficient (Wildman–Crippen LogP) is 0.209. The quantitative estimate of drug-likeness (QED) is 0.120. The van der Waals surface area contributed by atoms with Gasteiger partial charge in [0, 0.05) is 24.2 Å². The van der Waals surface area contributed by atoms with Gasteiger partial charge in [-0.05, 0) is 93.3 Å². The van der Waals surface area contributed by atoms with Crippen LogP contribution in [0.4, 0.5) is 0 Å². The minimum Gasteiger partial charge on any atom is -0.462 e. The summed E-state index contributed by atoms with van der Waals surface area (Å²) in [5.74, 6) is 0.525. The van der Waals surface area contributed by atoms with Crippen LogP contribution in [0.3, 0.4) is 0 Å². The molecule has 0 spiro atoms. The van der Waals surface area contributed by atoms with E-state index in [0.717, 1.165) is 44.1 Å². The number of carbonyl (C=O) groups excluding carboxylic acids is 2. The second-order valence-electron chi connectivity index (χ2n) is 19.8. The number of aliphatic hydroxyl groups excluding tert-OH is 7. The first-order chi connectivity index (χ1) is 27.3. The van der Waals surface area contributed by atoms with Crippen molar-refractivity contribution >= 4 is 11.9 Å². The molecule has 0 amide bonds. The van der Waals surface area contributed by atoms with Gasteiger partial charge in [0.05, 0.1) is 19.3 Å². The number of fused-ring (bicyclic) bond motifs is 7. The summed E-state index contributed by atoms with van der Waals surface area (Å²) in [5, 5.41) is 84.3. The smallest absolute Gasteiger partial charge is 0.338 e. The molecule has 0 unspecified atom stereocenters. The van der Waals surface area contributed by atoms with E-state index in [9.17, 15) is 50.4 Å². The SMILES string of the molecule is CC(=O)O[C@H]1C[C@H](O[C@@H]2O[C@H](CO)[C@@H](O)[C@H](O)[C@H]2O[C@@H]2O[C@H](CO)[C@@H](O)[C@H](O)[C@H]2O)CC2=CC[C@H]3[C@@H]4CC[C@H]([C@@H]5C[C@]6(C)C[C@H]5OC(=O)[C@@]6(C)O)[C@@]4(C)CC[C@@H]3[C@]21C. The zero-order valence-corrected chi connectivity index (χ0v) is 34.1. The third kappa shape index (κ3) is 6.54. The highest BCUT2D eigenvalue weighted by atomic mass is 16.8. The summed E-state index contributed by atoms with van der Waals surface area (Å²) in [7, 11) is 0. The molecule has 3 aliphatic heterocycles. The minimum atomic E-state index is -1.80. The number of hydrogen-bond acceptors (Lipinski definition) is 16. The summed E-state index contributed by atoms with van der Waals surface area (Å²) >= 11 is 0. The zero-order chi connectivity index (χ0) is 41.9. The molecule has 5 aliphatic carbocycles. The number of carbonyl (C=O) groups is 2. The van der Waals surface area contributed by atoms with Crippen LogP contribution in [0.25, 0.3) is 0 Å². The van der Waals surface area contributed by atoms with Crippen LogP contribution < -0.4 is 0 Å². The molecule has 16 heteroatoms. The van der Waals surface area contributed by atoms with Crippen LogP contribution in [-0.4, -0.2) is 151 Å². The van der Waals surface area contributed by atoms with Crippen molar-refractivity contribution in [2.24, 2.45) is 45.8 Å². The molecule has 22 atom stereocenters. The molecule has 58 heavy (non-hydrogen) atoms. The Labute approximate surface area is 338 Å². The van der Waals surface area contributed by atoms with Gasteiger partial charge in [-0.15, -0.1) is 0 Å². The number of hydrogen-bond donors (Lipinski definition) is 8. The Hall–Kier alpha value is -1.80. The molecule has 0 aromatic heterocycles. The first-order valence-electron chi connectivity index (χ1n) is 21.3. The lowest BCUT2D eigenvalue weighted by Crippen LogP contribution is -2.65. The van der Waals surface area contributed by atoms with E-state index < -0.39 is 115 Å². The first-order valence-corrected chi connectivity index (χ1v) is 21.3. The van der Waals surface area contributed by atoms with E-state index in [2.05, 4.69) is 19.9 Å². The largest absolute Gasteiger partial charge is 0.462 e. The fourth-order valence-electron chi connectivity index (χ4n) is 13.5. The Morgan fingerprint density at radius 1 is 0.810 bits per heavy atom. The third-order valence-corrected chi connectivity index (χ3v) is 17.0. The van der Waals surface area contributed by atoms with Crippen LogP contribution in [0.2, 0.25) is 0 Å². The van der Waals surface area contributed by atoms with Crippen molar-refractivity contribution < 1.29 is 78.9 Å². The Morgan fingerprint density at radius 2 is 1.45 bits per heavy atom. The molecular weight excluding hydrogens is 760 g/mol. The van der Waals surface area contributed by atoms with Crippen LogP contribution in [0.1, 0.15) is 92.4 Å². The van der Waals surface area contributed by atoms with Gasteiger partial charge in [0.15, 0.2) is 18.2 Å². The second-order valence-corrected chi connectivity index (χ2v) is 19.8. The molecule has 16 nitrogen and oxygen atoms in total. The number of aliphatic hydroxyl groups is 8. The van der Waals surface area contributed by atoms with Gasteiger partial charge >= 0.3 is 11.9 Å². The average Bonchev–Trinajstić information content (AvgIpc) is 3.68. The fourth-order valence-corrected chi connectivity index (χ4v) is 13.5. The normalized spacial score (nSPS) is 55.1. The Balaban J connectivity index is 1.03. The highest BCUT2D eigenvalue weighted by Gasteiger charge is 2.68. The van der Waals surface area contributed by atoms with Crippen molar-refractivity contribution in [2.75, 3.05) is 13.2 Å². The third-order valence-electron chi connectivity index (χ3n) is 17.0. The monoisotopic (exact) mass is 824 g/mol. The van der Waals surface area contributed by atoms with Gasteiger partial charge in [-0.2, -0.15) is 0 Å². The highest BCUT2D eigenvalue weighted by molar-refractivity contribution is 5.81. The standard InChI is InChI=1S/C42H64O16/c1-18(45)53-29-13-20(54-37-35(33(49)31(47)28(17-44)56-37)58-36-34(50)32(48)30(46)27(16-43)55-36)12-19-6-7-21-23-8-9-24(40(23,3)11-10-25(21)41(19,29)4)22-14-39(2)15-26(22)57-38(51)42(39,5)52/h6,20-37,43-44,46-50,52H,7-17H2,1-5H3/t20-,21+,22+,23+,24-,25+,26-,27-,28-,29+,30-,31-,32+,33+,34-,35-,36+,37-,39-,40+,41+,42-/m1/s1. The van der Waals surface area contributed by atoms with Crippen molar-refractivity contribution in [1.82, 2.24) is 0 Å². The zero-order valence-electron chi connectivity index (χ0n) is 34.1. The van der Waals surface area contributed by atoms with Crippen LogP contribution in [0.15, 0.2) is 11.6 Å². The lowest BCUT2D eigenvalue weighted by atomic mass is 9.46. The fraction of sp³-hybridized carbons (Fsp3) is 0.905. The van der Waals surface area contributed by atoms with E-state index in [-0.39, 0.29) is 29.8 Å². The average molecular weight is 825 g/mol. The number of esters is 2. The van der Waals surface area contributed by atoms with E-state index in [1.807, 2.05) is 6.92 Å². The van der Waals surface area contributed by atoms with Crippen molar-refractivity contribution in [3.8, 4) is 0 Å². The van der Waals surface area contributed by atoms with Gasteiger partial charge in [-0.25, -0.2) is 4.79 Å². The van der Waals surface area contributed by atoms with Crippen LogP contribution in [0.5, 0.6) is 0 Å². The van der Waals surface area contributed by atoms with Crippen molar-refractivity contribution in [2.45, 2.75) is 178 Å². The van der Waals surface area contributed by atoms with Gasteiger partial charge in [-0.1, -0.05) is 32.4 Å². The summed E-state index contributed by atoms with van der Waals surface area (Å²) in [6.45, 7) is 8.26. The van der Waals surface area contributed by atoms with Gasteiger partial charge in [0.1, 0.15) is 61.0 Å². The summed E-state index contributed by atoms with van der Waals surface area (Å²) in [6, 6.07) is 0. The van der Waals surface area contributed by atoms with Crippen molar-refractivity contribution in [3.05, 3.63) is 11.6 Å². The van der Waals surface area contributed by atoms with Crippen LogP contribution in [-0.2, 0) is 38.0 Å². The lowest BCUT2D eigenvalue weighted by Gasteiger charge is -2.60. The van der Waals surface area contributed by atoms with Gasteiger partial charge < -0.3 is 69.3 Å². The molecule has 4 saturated carbocycles. The molecule has 2 bridgehead atoms. The molecule has 328 valence electrons. The Kier molecular flexibility index (Phi) is 11.3. The molecule has 3 heterocycles. The van der Waals surface area contributed by atoms with E-state index in [0.29, 0.717) is 30.6 Å². The predicted molar refractivity (Wildman–Crippen MR) is 199 cm³/mol. The molecule has 8 N–H and O–H groups in total. The summed E-state index contributed by atoms with van der Waals surface area (Å²) < 4.78 is 36.1. The van der Waals surface area contributed by atoms with E-state index in [4.69, 9.17) is 28.4 Å². The maximum Gasteiger partial charge on any atom is 0.338 e. The van der Waals surface area contributed by atoms with Gasteiger partial charge in [0.2, 0.25) is 0 Å². The topological polar surface area (TPSA) is 251 Å². The maximum atomic E-state index is 12.9. The lowest BCUT2D eigenvalue weighted by molar-refractivity contribution is -0.372. The second kappa shape index (κ2) is 15.2. The van der Waals surface area contributed by atoms with Crippen molar-refractivity contribution in [3.63, 3.8) is 0 Å². The number of allylic oxidation sites excluding steroid dienone is 1. The summed E-state index contributed by atoms with van der Waals surface area (Å²) in [5.41, 5.74) is -1.45. The van der Waals surface area contributed by atoms with E-state index >= 15 is 0 Å². The molecular formula is C42H64O16. The molecule has 0 radical (unpaired) electrons.